The van der Waals surface area contributed by atoms with E-state index in [-0.39, 0.29) is 17.5 Å². The summed E-state index contributed by atoms with van der Waals surface area (Å²) in [5.74, 6) is -0.255. The second-order valence-corrected chi connectivity index (χ2v) is 4.00. The van der Waals surface area contributed by atoms with Crippen LogP contribution in [0.2, 0.25) is 0 Å². The summed E-state index contributed by atoms with van der Waals surface area (Å²) >= 11 is 0. The van der Waals surface area contributed by atoms with Crippen LogP contribution in [0.3, 0.4) is 0 Å². The highest BCUT2D eigenvalue weighted by Crippen LogP contribution is 2.33. The van der Waals surface area contributed by atoms with Crippen LogP contribution in [0.15, 0.2) is 18.5 Å². The fraction of sp³-hybridized carbons (Fsp3) is 0.273. The number of aromatic amines is 1. The molecule has 1 aromatic heterocycles. The van der Waals surface area contributed by atoms with Crippen molar-refractivity contribution in [1.29, 1.82) is 0 Å². The first kappa shape index (κ1) is 13.7. The van der Waals surface area contributed by atoms with Gasteiger partial charge >= 0.3 is 5.69 Å². The van der Waals surface area contributed by atoms with Crippen molar-refractivity contribution >= 4 is 11.4 Å². The Morgan fingerprint density at radius 1 is 1.55 bits per heavy atom. The Morgan fingerprint density at radius 3 is 2.85 bits per heavy atom. The van der Waals surface area contributed by atoms with Crippen molar-refractivity contribution < 1.29 is 14.1 Å². The van der Waals surface area contributed by atoms with Crippen molar-refractivity contribution in [3.8, 4) is 5.75 Å². The van der Waals surface area contributed by atoms with Crippen molar-refractivity contribution in [3.63, 3.8) is 0 Å². The van der Waals surface area contributed by atoms with E-state index in [9.17, 15) is 14.5 Å². The first-order valence-electron chi connectivity index (χ1n) is 5.66. The molecule has 1 atom stereocenters. The van der Waals surface area contributed by atoms with Crippen LogP contribution < -0.4 is 10.1 Å². The first-order valence-corrected chi connectivity index (χ1v) is 5.66. The lowest BCUT2D eigenvalue weighted by Gasteiger charge is -2.14. The molecule has 1 unspecified atom stereocenters. The van der Waals surface area contributed by atoms with Gasteiger partial charge < -0.3 is 10.1 Å². The molecule has 2 N–H and O–H groups in total. The molecule has 0 saturated heterocycles. The van der Waals surface area contributed by atoms with Crippen LogP contribution in [0.1, 0.15) is 18.8 Å². The number of methoxy groups -OCH3 is 1. The molecular formula is C11H12FN5O3. The smallest absolute Gasteiger partial charge is 0.313 e. The summed E-state index contributed by atoms with van der Waals surface area (Å²) in [6, 6.07) is 1.70. The zero-order valence-electron chi connectivity index (χ0n) is 10.8. The molecular weight excluding hydrogens is 269 g/mol. The Labute approximate surface area is 113 Å². The van der Waals surface area contributed by atoms with Gasteiger partial charge in [0, 0.05) is 6.07 Å². The molecule has 0 spiro atoms. The van der Waals surface area contributed by atoms with Crippen LogP contribution in [0.5, 0.6) is 5.75 Å². The van der Waals surface area contributed by atoms with E-state index in [1.807, 2.05) is 0 Å². The lowest BCUT2D eigenvalue weighted by atomic mass is 10.2. The van der Waals surface area contributed by atoms with Crippen LogP contribution in [-0.4, -0.2) is 27.2 Å². The SMILES string of the molecule is COc1cc(NC(C)c2ncn[nH]2)c(F)cc1[N+](=O)[O-]. The number of nitro groups is 1. The number of rotatable bonds is 5. The zero-order chi connectivity index (χ0) is 14.7. The fourth-order valence-electron chi connectivity index (χ4n) is 1.68. The predicted molar refractivity (Wildman–Crippen MR) is 68.0 cm³/mol. The second kappa shape index (κ2) is 5.51. The monoisotopic (exact) mass is 281 g/mol. The van der Waals surface area contributed by atoms with Gasteiger partial charge in [-0.25, -0.2) is 9.37 Å². The number of hydrogen-bond acceptors (Lipinski definition) is 6. The lowest BCUT2D eigenvalue weighted by molar-refractivity contribution is -0.385. The molecule has 106 valence electrons. The van der Waals surface area contributed by atoms with Crippen molar-refractivity contribution in [2.45, 2.75) is 13.0 Å². The Balaban J connectivity index is 2.30. The van der Waals surface area contributed by atoms with Crippen molar-refractivity contribution in [3.05, 3.63) is 40.2 Å². The van der Waals surface area contributed by atoms with Gasteiger partial charge in [0.1, 0.15) is 12.2 Å². The molecule has 2 rings (SSSR count). The molecule has 0 aliphatic rings. The van der Waals surface area contributed by atoms with Gasteiger partial charge in [0.05, 0.1) is 29.8 Å². The van der Waals surface area contributed by atoms with E-state index in [1.165, 1.54) is 19.5 Å². The molecule has 0 bridgehead atoms. The summed E-state index contributed by atoms with van der Waals surface area (Å²) in [7, 11) is 1.28. The minimum atomic E-state index is -0.746. The maximum Gasteiger partial charge on any atom is 0.313 e. The number of halogens is 1. The van der Waals surface area contributed by atoms with Gasteiger partial charge in [0.2, 0.25) is 0 Å². The summed E-state index contributed by atoms with van der Waals surface area (Å²) in [6.45, 7) is 1.74. The van der Waals surface area contributed by atoms with E-state index < -0.39 is 16.4 Å². The molecule has 0 amide bonds. The molecule has 0 fully saturated rings. The molecule has 1 heterocycles. The number of nitro benzene ring substituents is 1. The van der Waals surface area contributed by atoms with Gasteiger partial charge in [-0.2, -0.15) is 5.10 Å². The number of H-pyrrole nitrogens is 1. The fourth-order valence-corrected chi connectivity index (χ4v) is 1.68. The van der Waals surface area contributed by atoms with Crippen LogP contribution in [0, 0.1) is 15.9 Å². The van der Waals surface area contributed by atoms with Crippen LogP contribution in [-0.2, 0) is 0 Å². The summed E-state index contributed by atoms with van der Waals surface area (Å²) in [5, 5.41) is 20.0. The van der Waals surface area contributed by atoms with E-state index in [4.69, 9.17) is 4.74 Å². The zero-order valence-corrected chi connectivity index (χ0v) is 10.8. The number of nitrogens with one attached hydrogen (secondary N) is 2. The number of hydrogen-bond donors (Lipinski definition) is 2. The summed E-state index contributed by atoms with van der Waals surface area (Å²) in [5.41, 5.74) is -0.348. The quantitative estimate of drug-likeness (QED) is 0.641. The van der Waals surface area contributed by atoms with E-state index in [1.54, 1.807) is 6.92 Å². The molecule has 20 heavy (non-hydrogen) atoms. The molecule has 9 heteroatoms. The minimum Gasteiger partial charge on any atom is -0.490 e. The van der Waals surface area contributed by atoms with Gasteiger partial charge in [-0.05, 0) is 6.92 Å². The molecule has 0 saturated carbocycles. The highest BCUT2D eigenvalue weighted by molar-refractivity contribution is 5.59. The number of aromatic nitrogens is 3. The second-order valence-electron chi connectivity index (χ2n) is 4.00. The number of benzene rings is 1. The van der Waals surface area contributed by atoms with Crippen molar-refractivity contribution in [1.82, 2.24) is 15.2 Å². The normalized spacial score (nSPS) is 11.9. The van der Waals surface area contributed by atoms with Crippen molar-refractivity contribution in [2.75, 3.05) is 12.4 Å². The topological polar surface area (TPSA) is 106 Å². The largest absolute Gasteiger partial charge is 0.490 e. The maximum atomic E-state index is 13.9. The minimum absolute atomic E-state index is 0.0244. The lowest BCUT2D eigenvalue weighted by Crippen LogP contribution is -2.10. The molecule has 2 aromatic rings. The predicted octanol–water partition coefficient (Wildman–Crippen LogP) is 2.03. The Bertz CT molecular complexity index is 617. The van der Waals surface area contributed by atoms with E-state index >= 15 is 0 Å². The number of anilines is 1. The molecule has 1 aromatic carbocycles. The van der Waals surface area contributed by atoms with E-state index in [2.05, 4.69) is 20.5 Å². The average molecular weight is 281 g/mol. The summed E-state index contributed by atoms with van der Waals surface area (Å²) in [4.78, 5) is 14.0. The summed E-state index contributed by atoms with van der Waals surface area (Å²) in [6.07, 6.45) is 1.33. The molecule has 0 aliphatic heterocycles. The third-order valence-electron chi connectivity index (χ3n) is 2.68. The summed E-state index contributed by atoms with van der Waals surface area (Å²) < 4.78 is 18.8. The van der Waals surface area contributed by atoms with E-state index in [0.717, 1.165) is 6.07 Å². The Kier molecular flexibility index (Phi) is 3.78. The van der Waals surface area contributed by atoms with Crippen LogP contribution in [0.25, 0.3) is 0 Å². The third kappa shape index (κ3) is 2.66. The van der Waals surface area contributed by atoms with Crippen LogP contribution in [0.4, 0.5) is 15.8 Å². The Morgan fingerprint density at radius 2 is 2.30 bits per heavy atom. The standard InChI is InChI=1S/C11H12FN5O3/c1-6(11-13-5-14-16-11)15-8-4-10(20-2)9(17(18)19)3-7(8)12/h3-6,15H,1-2H3,(H,13,14,16). The molecule has 0 radical (unpaired) electrons. The number of ether oxygens (including phenoxy) is 1. The highest BCUT2D eigenvalue weighted by atomic mass is 19.1. The van der Waals surface area contributed by atoms with Gasteiger partial charge in [-0.1, -0.05) is 0 Å². The van der Waals surface area contributed by atoms with E-state index in [0.29, 0.717) is 5.82 Å². The van der Waals surface area contributed by atoms with Gasteiger partial charge in [-0.15, -0.1) is 0 Å². The molecule has 8 nitrogen and oxygen atoms in total. The average Bonchev–Trinajstić information content (AvgIpc) is 2.94. The maximum absolute atomic E-state index is 13.9. The third-order valence-corrected chi connectivity index (χ3v) is 2.68. The van der Waals surface area contributed by atoms with Gasteiger partial charge in [-0.3, -0.25) is 15.2 Å². The van der Waals surface area contributed by atoms with Crippen molar-refractivity contribution in [2.24, 2.45) is 0 Å². The van der Waals surface area contributed by atoms with Gasteiger partial charge in [0.15, 0.2) is 11.6 Å². The van der Waals surface area contributed by atoms with Gasteiger partial charge in [0.25, 0.3) is 0 Å². The Hall–Kier alpha value is -2.71. The first-order chi connectivity index (χ1) is 9.52. The molecule has 0 aliphatic carbocycles. The highest BCUT2D eigenvalue weighted by Gasteiger charge is 2.20. The number of nitrogens with zero attached hydrogens (tertiary/aromatic N) is 3. The van der Waals surface area contributed by atoms with Crippen LogP contribution >= 0.6 is 0 Å².